The molecule has 0 radical (unpaired) electrons. The molecule has 2 atom stereocenters. The second-order valence-electron chi connectivity index (χ2n) is 6.64. The molecular weight excluding hydrogens is 449 g/mol. The summed E-state index contributed by atoms with van der Waals surface area (Å²) in [6.45, 7) is 2.05. The van der Waals surface area contributed by atoms with E-state index in [9.17, 15) is 5.11 Å². The Morgan fingerprint density at radius 1 is 0.889 bits per heavy atom. The monoisotopic (exact) mass is 473 g/mol. The number of anilines is 1. The summed E-state index contributed by atoms with van der Waals surface area (Å²) in [6, 6.07) is 24.3. The van der Waals surface area contributed by atoms with Crippen LogP contribution in [0.3, 0.4) is 0 Å². The molecule has 3 aromatic carbocycles. The molecular formula is C23H24INO2. The maximum absolute atomic E-state index is 10.8. The maximum atomic E-state index is 10.8. The van der Waals surface area contributed by atoms with E-state index in [1.54, 1.807) is 7.11 Å². The highest BCUT2D eigenvalue weighted by molar-refractivity contribution is 14.1. The summed E-state index contributed by atoms with van der Waals surface area (Å²) >= 11 is 2.30. The van der Waals surface area contributed by atoms with Gasteiger partial charge in [0.2, 0.25) is 0 Å². The number of ether oxygens (including phenoxy) is 1. The minimum absolute atomic E-state index is 0.0210. The van der Waals surface area contributed by atoms with E-state index in [0.717, 1.165) is 22.6 Å². The van der Waals surface area contributed by atoms with Gasteiger partial charge < -0.3 is 15.2 Å². The third-order valence-electron chi connectivity index (χ3n) is 4.62. The Morgan fingerprint density at radius 2 is 1.48 bits per heavy atom. The fourth-order valence-electron chi connectivity index (χ4n) is 3.01. The number of hydrogen-bond donors (Lipinski definition) is 2. The van der Waals surface area contributed by atoms with Gasteiger partial charge in [0, 0.05) is 15.7 Å². The number of aliphatic hydroxyl groups excluding tert-OH is 1. The Morgan fingerprint density at radius 3 is 2.07 bits per heavy atom. The van der Waals surface area contributed by atoms with E-state index in [-0.39, 0.29) is 6.04 Å². The normalized spacial score (nSPS) is 13.0. The van der Waals surface area contributed by atoms with Crippen molar-refractivity contribution in [3.63, 3.8) is 0 Å². The second-order valence-corrected chi connectivity index (χ2v) is 7.88. The van der Waals surface area contributed by atoms with Crippen LogP contribution in [0.5, 0.6) is 5.75 Å². The molecule has 140 valence electrons. The van der Waals surface area contributed by atoms with Gasteiger partial charge in [-0.15, -0.1) is 0 Å². The van der Waals surface area contributed by atoms with Crippen LogP contribution in [0.4, 0.5) is 5.69 Å². The molecule has 2 unspecified atom stereocenters. The molecule has 0 heterocycles. The lowest BCUT2D eigenvalue weighted by atomic mass is 9.96. The van der Waals surface area contributed by atoms with Crippen LogP contribution in [0, 0.1) is 10.5 Å². The van der Waals surface area contributed by atoms with Crippen molar-refractivity contribution >= 4 is 28.3 Å². The third kappa shape index (κ3) is 5.47. The Bertz CT molecular complexity index is 845. The molecule has 0 aliphatic heterocycles. The van der Waals surface area contributed by atoms with Crippen LogP contribution in [0.25, 0.3) is 0 Å². The highest BCUT2D eigenvalue weighted by atomic mass is 127. The zero-order valence-corrected chi connectivity index (χ0v) is 17.7. The van der Waals surface area contributed by atoms with Crippen molar-refractivity contribution in [1.82, 2.24) is 0 Å². The van der Waals surface area contributed by atoms with Crippen molar-refractivity contribution in [3.8, 4) is 5.75 Å². The van der Waals surface area contributed by atoms with Gasteiger partial charge in [0.1, 0.15) is 5.75 Å². The van der Waals surface area contributed by atoms with E-state index in [2.05, 4.69) is 59.1 Å². The molecule has 0 bridgehead atoms. The van der Waals surface area contributed by atoms with E-state index in [1.165, 1.54) is 9.13 Å². The number of aryl methyl sites for hydroxylation is 1. The van der Waals surface area contributed by atoms with Crippen LogP contribution in [-0.4, -0.2) is 12.2 Å². The molecule has 4 heteroatoms. The van der Waals surface area contributed by atoms with E-state index < -0.39 is 6.10 Å². The van der Waals surface area contributed by atoms with Gasteiger partial charge in [0.25, 0.3) is 0 Å². The lowest BCUT2D eigenvalue weighted by Gasteiger charge is -2.24. The van der Waals surface area contributed by atoms with E-state index in [1.807, 2.05) is 48.5 Å². The first kappa shape index (κ1) is 19.7. The molecule has 0 aliphatic rings. The van der Waals surface area contributed by atoms with Crippen molar-refractivity contribution < 1.29 is 9.84 Å². The largest absolute Gasteiger partial charge is 0.497 e. The quantitative estimate of drug-likeness (QED) is 0.421. The minimum Gasteiger partial charge on any atom is -0.497 e. The molecule has 3 nitrogen and oxygen atoms in total. The fraction of sp³-hybridized carbons (Fsp3) is 0.217. The zero-order valence-electron chi connectivity index (χ0n) is 15.5. The standard InChI is InChI=1S/C23H24INO2/c1-16-3-5-18(6-4-16)23(26)15-22(17-7-13-21(27-2)14-8-17)25-20-11-9-19(24)10-12-20/h3-14,22-23,25-26H,15H2,1-2H3. The van der Waals surface area contributed by atoms with Crippen LogP contribution < -0.4 is 10.1 Å². The van der Waals surface area contributed by atoms with Gasteiger partial charge in [-0.05, 0) is 77.0 Å². The molecule has 3 aromatic rings. The number of nitrogens with one attached hydrogen (secondary N) is 1. The van der Waals surface area contributed by atoms with Gasteiger partial charge in [-0.3, -0.25) is 0 Å². The SMILES string of the molecule is COc1ccc(C(CC(O)c2ccc(C)cc2)Nc2ccc(I)cc2)cc1. The summed E-state index contributed by atoms with van der Waals surface area (Å²) in [4.78, 5) is 0. The molecule has 0 saturated heterocycles. The molecule has 27 heavy (non-hydrogen) atoms. The summed E-state index contributed by atoms with van der Waals surface area (Å²) in [5, 5.41) is 14.4. The van der Waals surface area contributed by atoms with Crippen molar-refractivity contribution in [2.24, 2.45) is 0 Å². The summed E-state index contributed by atoms with van der Waals surface area (Å²) in [7, 11) is 1.66. The molecule has 0 aliphatic carbocycles. The molecule has 0 spiro atoms. The Kier molecular flexibility index (Phi) is 6.74. The predicted molar refractivity (Wildman–Crippen MR) is 119 cm³/mol. The highest BCUT2D eigenvalue weighted by Gasteiger charge is 2.18. The summed E-state index contributed by atoms with van der Waals surface area (Å²) in [5.41, 5.74) is 4.27. The van der Waals surface area contributed by atoms with Crippen LogP contribution in [0.2, 0.25) is 0 Å². The first-order chi connectivity index (χ1) is 13.0. The molecule has 0 aromatic heterocycles. The smallest absolute Gasteiger partial charge is 0.118 e. The summed E-state index contributed by atoms with van der Waals surface area (Å²) in [6.07, 6.45) is 0.0236. The lowest BCUT2D eigenvalue weighted by Crippen LogP contribution is -2.15. The molecule has 2 N–H and O–H groups in total. The van der Waals surface area contributed by atoms with Crippen LogP contribution in [0.15, 0.2) is 72.8 Å². The molecule has 0 amide bonds. The molecule has 3 rings (SSSR count). The maximum Gasteiger partial charge on any atom is 0.118 e. The van der Waals surface area contributed by atoms with Crippen molar-refractivity contribution in [1.29, 1.82) is 0 Å². The topological polar surface area (TPSA) is 41.5 Å². The van der Waals surface area contributed by atoms with Gasteiger partial charge in [-0.2, -0.15) is 0 Å². The van der Waals surface area contributed by atoms with E-state index in [4.69, 9.17) is 4.74 Å². The molecule has 0 saturated carbocycles. The average molecular weight is 473 g/mol. The number of methoxy groups -OCH3 is 1. The second kappa shape index (κ2) is 9.24. The Hall–Kier alpha value is -2.05. The highest BCUT2D eigenvalue weighted by Crippen LogP contribution is 2.31. The van der Waals surface area contributed by atoms with Gasteiger partial charge >= 0.3 is 0 Å². The van der Waals surface area contributed by atoms with Crippen molar-refractivity contribution in [3.05, 3.63) is 93.1 Å². The Labute approximate surface area is 174 Å². The van der Waals surface area contributed by atoms with E-state index in [0.29, 0.717) is 6.42 Å². The van der Waals surface area contributed by atoms with Gasteiger partial charge in [0.05, 0.1) is 19.3 Å². The number of aliphatic hydroxyl groups is 1. The average Bonchev–Trinajstić information content (AvgIpc) is 2.69. The third-order valence-corrected chi connectivity index (χ3v) is 5.34. The summed E-state index contributed by atoms with van der Waals surface area (Å²) in [5.74, 6) is 0.825. The Balaban J connectivity index is 1.83. The first-order valence-electron chi connectivity index (χ1n) is 8.96. The molecule has 0 fully saturated rings. The number of benzene rings is 3. The van der Waals surface area contributed by atoms with Crippen molar-refractivity contribution in [2.45, 2.75) is 25.5 Å². The number of hydrogen-bond acceptors (Lipinski definition) is 3. The van der Waals surface area contributed by atoms with Crippen LogP contribution in [0.1, 0.15) is 35.3 Å². The van der Waals surface area contributed by atoms with Crippen LogP contribution >= 0.6 is 22.6 Å². The number of halogens is 1. The zero-order chi connectivity index (χ0) is 19.2. The van der Waals surface area contributed by atoms with Gasteiger partial charge in [-0.1, -0.05) is 42.0 Å². The first-order valence-corrected chi connectivity index (χ1v) is 10.0. The van der Waals surface area contributed by atoms with Gasteiger partial charge in [-0.25, -0.2) is 0 Å². The van der Waals surface area contributed by atoms with Gasteiger partial charge in [0.15, 0.2) is 0 Å². The fourth-order valence-corrected chi connectivity index (χ4v) is 3.37. The summed E-state index contributed by atoms with van der Waals surface area (Å²) < 4.78 is 6.46. The predicted octanol–water partition coefficient (Wildman–Crippen LogP) is 5.89. The van der Waals surface area contributed by atoms with Crippen molar-refractivity contribution in [2.75, 3.05) is 12.4 Å². The van der Waals surface area contributed by atoms with E-state index >= 15 is 0 Å². The van der Waals surface area contributed by atoms with Crippen LogP contribution in [-0.2, 0) is 0 Å². The minimum atomic E-state index is -0.547. The number of rotatable bonds is 7. The lowest BCUT2D eigenvalue weighted by molar-refractivity contribution is 0.160.